The van der Waals surface area contributed by atoms with Crippen LogP contribution in [0.25, 0.3) is 0 Å². The Hall–Kier alpha value is -1.12. The number of hydrogen-bond acceptors (Lipinski definition) is 4. The van der Waals surface area contributed by atoms with Crippen LogP contribution in [0.15, 0.2) is 0 Å². The minimum atomic E-state index is -0.415. The normalized spacial score (nSPS) is 40.8. The zero-order valence-corrected chi connectivity index (χ0v) is 15.6. The minimum absolute atomic E-state index is 0.0527. The molecule has 0 aromatic rings. The molecule has 3 aliphatic heterocycles. The Balaban J connectivity index is 1.43. The third kappa shape index (κ3) is 2.78. The Bertz CT molecular complexity index is 555. The van der Waals surface area contributed by atoms with Gasteiger partial charge in [0.1, 0.15) is 6.04 Å². The van der Waals surface area contributed by atoms with Crippen LogP contribution in [0, 0.1) is 23.2 Å². The van der Waals surface area contributed by atoms with E-state index in [1.54, 1.807) is 0 Å². The summed E-state index contributed by atoms with van der Waals surface area (Å²) >= 11 is 0. The van der Waals surface area contributed by atoms with Crippen molar-refractivity contribution in [1.29, 1.82) is 5.26 Å². The molecule has 2 bridgehead atoms. The van der Waals surface area contributed by atoms with E-state index in [0.717, 1.165) is 25.7 Å². The van der Waals surface area contributed by atoms with Crippen LogP contribution in [-0.2, 0) is 4.79 Å². The molecule has 3 saturated heterocycles. The second-order valence-electron chi connectivity index (χ2n) is 8.75. The van der Waals surface area contributed by atoms with Crippen LogP contribution in [-0.4, -0.2) is 52.0 Å². The first-order valence-corrected chi connectivity index (χ1v) is 10.3. The summed E-state index contributed by atoms with van der Waals surface area (Å²) in [6, 6.07) is 3.87. The molecule has 1 saturated carbocycles. The fraction of sp³-hybridized carbons (Fsp3) is 0.900. The first-order valence-electron chi connectivity index (χ1n) is 10.3. The molecular weight excluding hydrogens is 312 g/mol. The van der Waals surface area contributed by atoms with Gasteiger partial charge in [0.05, 0.1) is 12.1 Å². The minimum Gasteiger partial charge on any atom is -0.322 e. The van der Waals surface area contributed by atoms with Gasteiger partial charge in [0.25, 0.3) is 0 Å². The molecule has 0 unspecified atom stereocenters. The van der Waals surface area contributed by atoms with Gasteiger partial charge in [0, 0.05) is 24.2 Å². The van der Waals surface area contributed by atoms with Crippen molar-refractivity contribution in [3.05, 3.63) is 0 Å². The quantitative estimate of drug-likeness (QED) is 0.830. The lowest BCUT2D eigenvalue weighted by molar-refractivity contribution is -0.135. The number of carbonyl (C=O) groups excluding carboxylic acids is 1. The maximum atomic E-state index is 13.0. The van der Waals surface area contributed by atoms with Gasteiger partial charge in [0.15, 0.2) is 0 Å². The SMILES string of the molecule is CCC(CC)N1[C@H]2CC[C@H]1CC([C@H](N)C(=O)N1[C@H](C#N)C[C@@H]3C[C@@H]31)C2. The zero-order valence-electron chi connectivity index (χ0n) is 15.6. The van der Waals surface area contributed by atoms with Crippen molar-refractivity contribution in [3.8, 4) is 6.07 Å². The highest BCUT2D eigenvalue weighted by Crippen LogP contribution is 2.48. The Morgan fingerprint density at radius 3 is 2.36 bits per heavy atom. The van der Waals surface area contributed by atoms with Crippen molar-refractivity contribution in [2.75, 3.05) is 0 Å². The van der Waals surface area contributed by atoms with Gasteiger partial charge >= 0.3 is 0 Å². The van der Waals surface area contributed by atoms with Crippen LogP contribution >= 0.6 is 0 Å². The zero-order chi connectivity index (χ0) is 17.7. The predicted octanol–water partition coefficient (Wildman–Crippen LogP) is 2.26. The maximum Gasteiger partial charge on any atom is 0.241 e. The number of piperidine rings is 2. The summed E-state index contributed by atoms with van der Waals surface area (Å²) in [5, 5.41) is 9.37. The summed E-state index contributed by atoms with van der Waals surface area (Å²) in [7, 11) is 0. The van der Waals surface area contributed by atoms with Crippen LogP contribution in [0.5, 0.6) is 0 Å². The summed E-state index contributed by atoms with van der Waals surface area (Å²) in [4.78, 5) is 17.6. The van der Waals surface area contributed by atoms with E-state index < -0.39 is 6.04 Å². The first-order chi connectivity index (χ1) is 12.1. The molecule has 2 N–H and O–H groups in total. The van der Waals surface area contributed by atoms with Gasteiger partial charge in [0.2, 0.25) is 5.91 Å². The number of nitrogens with two attached hydrogens (primary N) is 1. The number of nitriles is 1. The number of likely N-dealkylation sites (tertiary alicyclic amines) is 1. The van der Waals surface area contributed by atoms with E-state index in [4.69, 9.17) is 5.73 Å². The molecular formula is C20H32N4O. The molecule has 25 heavy (non-hydrogen) atoms. The Kier molecular flexibility index (Phi) is 4.54. The molecule has 4 fully saturated rings. The Morgan fingerprint density at radius 1 is 1.16 bits per heavy atom. The van der Waals surface area contributed by atoms with Gasteiger partial charge < -0.3 is 10.6 Å². The van der Waals surface area contributed by atoms with Crippen LogP contribution in [0.1, 0.15) is 65.2 Å². The van der Waals surface area contributed by atoms with E-state index in [1.807, 2.05) is 4.90 Å². The van der Waals surface area contributed by atoms with Crippen molar-refractivity contribution >= 4 is 5.91 Å². The third-order valence-corrected chi connectivity index (χ3v) is 7.49. The van der Waals surface area contributed by atoms with Crippen molar-refractivity contribution < 1.29 is 4.79 Å². The molecule has 6 atom stereocenters. The molecule has 4 rings (SSSR count). The first kappa shape index (κ1) is 17.3. The second-order valence-corrected chi connectivity index (χ2v) is 8.75. The van der Waals surface area contributed by atoms with Crippen LogP contribution in [0.2, 0.25) is 0 Å². The van der Waals surface area contributed by atoms with Gasteiger partial charge in [-0.3, -0.25) is 9.69 Å². The molecule has 1 aliphatic carbocycles. The summed E-state index contributed by atoms with van der Waals surface area (Å²) in [6.07, 6.45) is 8.98. The topological polar surface area (TPSA) is 73.4 Å². The van der Waals surface area contributed by atoms with Crippen molar-refractivity contribution in [1.82, 2.24) is 9.80 Å². The predicted molar refractivity (Wildman–Crippen MR) is 96.5 cm³/mol. The standard InChI is InChI=1S/C20H32N4O/c1-3-14(4-2)23-15-5-6-16(23)9-13(8-15)19(22)20(25)24-17(11-21)7-12-10-18(12)24/h12-19H,3-10,22H2,1-2H3/t12-,15+,16+,17+,18+,19+/m1/s1. The monoisotopic (exact) mass is 344 g/mol. The van der Waals surface area contributed by atoms with Gasteiger partial charge in [-0.1, -0.05) is 13.8 Å². The molecule has 0 spiro atoms. The highest BCUT2D eigenvalue weighted by Gasteiger charge is 2.56. The lowest BCUT2D eigenvalue weighted by Crippen LogP contribution is -2.56. The summed E-state index contributed by atoms with van der Waals surface area (Å²) in [6.45, 7) is 4.58. The molecule has 4 aliphatic rings. The van der Waals surface area contributed by atoms with E-state index >= 15 is 0 Å². The van der Waals surface area contributed by atoms with Gasteiger partial charge in [-0.05, 0) is 63.2 Å². The van der Waals surface area contributed by atoms with Crippen LogP contribution in [0.4, 0.5) is 0 Å². The Labute approximate surface area is 151 Å². The van der Waals surface area contributed by atoms with Crippen molar-refractivity contribution in [2.45, 2.75) is 101 Å². The van der Waals surface area contributed by atoms with Gasteiger partial charge in [-0.2, -0.15) is 5.26 Å². The number of hydrogen-bond donors (Lipinski definition) is 1. The average molecular weight is 345 g/mol. The molecule has 5 heteroatoms. The van der Waals surface area contributed by atoms with E-state index in [1.165, 1.54) is 25.7 Å². The van der Waals surface area contributed by atoms with E-state index in [0.29, 0.717) is 30.1 Å². The number of carbonyl (C=O) groups is 1. The molecule has 0 radical (unpaired) electrons. The second kappa shape index (κ2) is 6.55. The van der Waals surface area contributed by atoms with E-state index in [2.05, 4.69) is 24.8 Å². The highest BCUT2D eigenvalue weighted by atomic mass is 16.2. The fourth-order valence-electron chi connectivity index (χ4n) is 6.12. The molecule has 5 nitrogen and oxygen atoms in total. The van der Waals surface area contributed by atoms with Gasteiger partial charge in [-0.15, -0.1) is 0 Å². The summed E-state index contributed by atoms with van der Waals surface area (Å²) < 4.78 is 0. The van der Waals surface area contributed by atoms with Gasteiger partial charge in [-0.25, -0.2) is 0 Å². The van der Waals surface area contributed by atoms with E-state index in [-0.39, 0.29) is 17.9 Å². The summed E-state index contributed by atoms with van der Waals surface area (Å²) in [5.41, 5.74) is 6.49. The molecule has 1 amide bonds. The molecule has 3 heterocycles. The highest BCUT2D eigenvalue weighted by molar-refractivity contribution is 5.84. The molecule has 0 aromatic carbocycles. The van der Waals surface area contributed by atoms with Crippen molar-refractivity contribution in [3.63, 3.8) is 0 Å². The number of amides is 1. The molecule has 0 aromatic heterocycles. The van der Waals surface area contributed by atoms with Crippen LogP contribution in [0.3, 0.4) is 0 Å². The van der Waals surface area contributed by atoms with Crippen LogP contribution < -0.4 is 5.73 Å². The Morgan fingerprint density at radius 2 is 1.80 bits per heavy atom. The average Bonchev–Trinajstić information content (AvgIpc) is 3.23. The van der Waals surface area contributed by atoms with E-state index in [9.17, 15) is 10.1 Å². The lowest BCUT2D eigenvalue weighted by Gasteiger charge is -2.45. The largest absolute Gasteiger partial charge is 0.322 e. The molecule has 138 valence electrons. The maximum absolute atomic E-state index is 13.0. The third-order valence-electron chi connectivity index (χ3n) is 7.49. The fourth-order valence-corrected chi connectivity index (χ4v) is 6.12. The lowest BCUT2D eigenvalue weighted by atomic mass is 9.83. The van der Waals surface area contributed by atoms with Crippen molar-refractivity contribution in [2.24, 2.45) is 17.6 Å². The summed E-state index contributed by atoms with van der Waals surface area (Å²) in [5.74, 6) is 0.901. The number of rotatable bonds is 5. The number of nitrogens with zero attached hydrogens (tertiary/aromatic N) is 3. The smallest absolute Gasteiger partial charge is 0.241 e. The number of fused-ring (bicyclic) bond motifs is 3.